The van der Waals surface area contributed by atoms with Gasteiger partial charge in [0.2, 0.25) is 0 Å². The number of rotatable bonds is 3. The second-order valence-corrected chi connectivity index (χ2v) is 7.49. The Balaban J connectivity index is 1.99. The summed E-state index contributed by atoms with van der Waals surface area (Å²) in [5, 5.41) is 12.3. The van der Waals surface area contributed by atoms with Gasteiger partial charge in [-0.3, -0.25) is 4.79 Å². The minimum Gasteiger partial charge on any atom is -0.507 e. The van der Waals surface area contributed by atoms with Gasteiger partial charge in [0.1, 0.15) is 10.6 Å². The number of nitrogens with zero attached hydrogens (tertiary/aromatic N) is 1. The highest BCUT2D eigenvalue weighted by atomic mass is 32.2. The van der Waals surface area contributed by atoms with Crippen molar-refractivity contribution in [3.63, 3.8) is 0 Å². The van der Waals surface area contributed by atoms with Gasteiger partial charge in [-0.25, -0.2) is 17.5 Å². The van der Waals surface area contributed by atoms with E-state index in [1.165, 1.54) is 30.3 Å². The van der Waals surface area contributed by atoms with Gasteiger partial charge in [-0.2, -0.15) is 0 Å². The lowest BCUT2D eigenvalue weighted by Crippen LogP contribution is -2.43. The third-order valence-electron chi connectivity index (χ3n) is 3.83. The molecular formula is C16H15N3O5S. The van der Waals surface area contributed by atoms with Crippen LogP contribution in [0, 0.1) is 6.92 Å². The predicted molar refractivity (Wildman–Crippen MR) is 89.6 cm³/mol. The molecule has 0 saturated heterocycles. The molecule has 3 amide bonds. The average Bonchev–Trinajstić information content (AvgIpc) is 2.52. The quantitative estimate of drug-likeness (QED) is 0.763. The number of amides is 3. The van der Waals surface area contributed by atoms with Gasteiger partial charge in [0.05, 0.1) is 17.8 Å². The van der Waals surface area contributed by atoms with E-state index in [1.807, 2.05) is 0 Å². The molecule has 2 aromatic rings. The van der Waals surface area contributed by atoms with Crippen LogP contribution in [0.3, 0.4) is 0 Å². The van der Waals surface area contributed by atoms with Gasteiger partial charge >= 0.3 is 6.03 Å². The number of benzene rings is 2. The molecular weight excluding hydrogens is 346 g/mol. The molecule has 0 spiro atoms. The van der Waals surface area contributed by atoms with E-state index in [9.17, 15) is 23.1 Å². The average molecular weight is 361 g/mol. The minimum atomic E-state index is -4.04. The zero-order chi connectivity index (χ0) is 18.4. The molecule has 0 saturated carbocycles. The van der Waals surface area contributed by atoms with Crippen molar-refractivity contribution in [1.29, 1.82) is 0 Å². The standard InChI is InChI=1S/C16H15N3O5S/c1-9-2-5-12-14(6-9)25(23,24)19(16(22)18-12)8-10-3-4-11(15(17)21)13(20)7-10/h2-7,20H,8H2,1H3,(H2,17,21)(H,18,22). The van der Waals surface area contributed by atoms with Crippen LogP contribution in [0.5, 0.6) is 5.75 Å². The van der Waals surface area contributed by atoms with E-state index in [2.05, 4.69) is 5.32 Å². The highest BCUT2D eigenvalue weighted by molar-refractivity contribution is 7.90. The number of urea groups is 1. The molecule has 3 rings (SSSR count). The second-order valence-electron chi connectivity index (χ2n) is 5.66. The van der Waals surface area contributed by atoms with Crippen molar-refractivity contribution in [3.05, 3.63) is 53.1 Å². The highest BCUT2D eigenvalue weighted by Gasteiger charge is 2.36. The lowest BCUT2D eigenvalue weighted by Gasteiger charge is -2.29. The monoisotopic (exact) mass is 361 g/mol. The van der Waals surface area contributed by atoms with Gasteiger partial charge in [-0.15, -0.1) is 0 Å². The van der Waals surface area contributed by atoms with Crippen LogP contribution in [0.15, 0.2) is 41.3 Å². The van der Waals surface area contributed by atoms with Crippen molar-refractivity contribution >= 4 is 27.6 Å². The van der Waals surface area contributed by atoms with Crippen LogP contribution in [0.2, 0.25) is 0 Å². The molecule has 0 aromatic heterocycles. The molecule has 1 aliphatic rings. The van der Waals surface area contributed by atoms with Crippen LogP contribution in [0.25, 0.3) is 0 Å². The van der Waals surface area contributed by atoms with Crippen molar-refractivity contribution in [2.24, 2.45) is 5.73 Å². The summed E-state index contributed by atoms with van der Waals surface area (Å²) in [7, 11) is -4.04. The fourth-order valence-electron chi connectivity index (χ4n) is 2.56. The van der Waals surface area contributed by atoms with E-state index in [0.29, 0.717) is 9.87 Å². The third-order valence-corrected chi connectivity index (χ3v) is 5.60. The number of phenols is 1. The summed E-state index contributed by atoms with van der Waals surface area (Å²) < 4.78 is 26.2. The van der Waals surface area contributed by atoms with Crippen LogP contribution in [0.1, 0.15) is 21.5 Å². The first kappa shape index (κ1) is 16.8. The van der Waals surface area contributed by atoms with Gasteiger partial charge in [0.25, 0.3) is 15.9 Å². The SMILES string of the molecule is Cc1ccc2c(c1)S(=O)(=O)N(Cc1ccc(C(N)=O)c(O)c1)C(=O)N2. The Morgan fingerprint density at radius 1 is 1.24 bits per heavy atom. The van der Waals surface area contributed by atoms with Gasteiger partial charge < -0.3 is 16.2 Å². The van der Waals surface area contributed by atoms with Crippen LogP contribution in [-0.4, -0.2) is 29.8 Å². The second kappa shape index (κ2) is 5.78. The van der Waals surface area contributed by atoms with E-state index < -0.39 is 22.0 Å². The molecule has 8 nitrogen and oxygen atoms in total. The molecule has 0 radical (unpaired) electrons. The van der Waals surface area contributed by atoms with Gasteiger partial charge in [0.15, 0.2) is 0 Å². The van der Waals surface area contributed by atoms with Crippen molar-refractivity contribution in [2.45, 2.75) is 18.4 Å². The summed E-state index contributed by atoms with van der Waals surface area (Å²) in [6.45, 7) is 1.45. The maximum atomic E-state index is 12.8. The summed E-state index contributed by atoms with van der Waals surface area (Å²) in [5.41, 5.74) is 6.31. The summed E-state index contributed by atoms with van der Waals surface area (Å²) in [5.74, 6) is -1.19. The zero-order valence-electron chi connectivity index (χ0n) is 13.2. The van der Waals surface area contributed by atoms with Crippen LogP contribution in [-0.2, 0) is 16.6 Å². The number of hydrogen-bond donors (Lipinski definition) is 3. The molecule has 0 aliphatic carbocycles. The largest absolute Gasteiger partial charge is 0.507 e. The first-order valence-electron chi connectivity index (χ1n) is 7.26. The Morgan fingerprint density at radius 3 is 2.60 bits per heavy atom. The number of fused-ring (bicyclic) bond motifs is 1. The maximum absolute atomic E-state index is 12.8. The summed E-state index contributed by atoms with van der Waals surface area (Å²) in [6.07, 6.45) is 0. The number of aromatic hydroxyl groups is 1. The number of sulfonamides is 1. The third kappa shape index (κ3) is 2.89. The summed E-state index contributed by atoms with van der Waals surface area (Å²) in [6, 6.07) is 7.82. The number of hydrogen-bond acceptors (Lipinski definition) is 5. The molecule has 2 aromatic carbocycles. The molecule has 130 valence electrons. The Hall–Kier alpha value is -3.07. The van der Waals surface area contributed by atoms with E-state index >= 15 is 0 Å². The number of nitrogens with two attached hydrogens (primary N) is 1. The molecule has 0 bridgehead atoms. The van der Waals surface area contributed by atoms with Crippen molar-refractivity contribution in [2.75, 3.05) is 5.32 Å². The topological polar surface area (TPSA) is 130 Å². The summed E-state index contributed by atoms with van der Waals surface area (Å²) in [4.78, 5) is 23.4. The van der Waals surface area contributed by atoms with E-state index in [1.54, 1.807) is 13.0 Å². The molecule has 0 unspecified atom stereocenters. The Labute approximate surface area is 143 Å². The normalized spacial score (nSPS) is 15.4. The fourth-order valence-corrected chi connectivity index (χ4v) is 4.11. The maximum Gasteiger partial charge on any atom is 0.336 e. The van der Waals surface area contributed by atoms with Crippen molar-refractivity contribution in [1.82, 2.24) is 4.31 Å². The predicted octanol–water partition coefficient (Wildman–Crippen LogP) is 1.54. The first-order valence-corrected chi connectivity index (χ1v) is 8.70. The minimum absolute atomic E-state index is 0.00470. The van der Waals surface area contributed by atoms with Crippen molar-refractivity contribution < 1.29 is 23.1 Å². The number of nitrogens with one attached hydrogen (secondary N) is 1. The zero-order valence-corrected chi connectivity index (χ0v) is 14.0. The molecule has 4 N–H and O–H groups in total. The smallest absolute Gasteiger partial charge is 0.336 e. The molecule has 0 atom stereocenters. The number of anilines is 1. The van der Waals surface area contributed by atoms with Crippen LogP contribution >= 0.6 is 0 Å². The molecule has 9 heteroatoms. The number of aryl methyl sites for hydroxylation is 1. The first-order chi connectivity index (χ1) is 11.7. The molecule has 25 heavy (non-hydrogen) atoms. The Kier molecular flexibility index (Phi) is 3.88. The van der Waals surface area contributed by atoms with Gasteiger partial charge in [-0.05, 0) is 42.3 Å². The van der Waals surface area contributed by atoms with Gasteiger partial charge in [0, 0.05) is 0 Å². The number of carbonyl (C=O) groups excluding carboxylic acids is 2. The summed E-state index contributed by atoms with van der Waals surface area (Å²) >= 11 is 0. The Morgan fingerprint density at radius 2 is 1.96 bits per heavy atom. The fraction of sp³-hybridized carbons (Fsp3) is 0.125. The molecule has 1 aliphatic heterocycles. The van der Waals surface area contributed by atoms with Crippen LogP contribution in [0.4, 0.5) is 10.5 Å². The van der Waals surface area contributed by atoms with E-state index in [0.717, 1.165) is 5.56 Å². The lowest BCUT2D eigenvalue weighted by atomic mass is 10.1. The molecule has 0 fully saturated rings. The van der Waals surface area contributed by atoms with Crippen LogP contribution < -0.4 is 11.1 Å². The van der Waals surface area contributed by atoms with Gasteiger partial charge in [-0.1, -0.05) is 12.1 Å². The highest BCUT2D eigenvalue weighted by Crippen LogP contribution is 2.32. The number of carbonyl (C=O) groups is 2. The number of primary amides is 1. The van der Waals surface area contributed by atoms with E-state index in [4.69, 9.17) is 5.73 Å². The molecule has 1 heterocycles. The van der Waals surface area contributed by atoms with E-state index in [-0.39, 0.29) is 28.4 Å². The lowest BCUT2D eigenvalue weighted by molar-refractivity contribution is 0.0997. The van der Waals surface area contributed by atoms with Crippen molar-refractivity contribution in [3.8, 4) is 5.75 Å². The Bertz CT molecular complexity index is 1000.